The van der Waals surface area contributed by atoms with Crippen LogP contribution >= 0.6 is 11.3 Å². The number of fused-ring (bicyclic) bond motifs is 1. The van der Waals surface area contributed by atoms with E-state index in [9.17, 15) is 14.4 Å². The topological polar surface area (TPSA) is 111 Å². The Kier molecular flexibility index (Phi) is 6.42. The first kappa shape index (κ1) is 23.2. The lowest BCUT2D eigenvalue weighted by atomic mass is 10.1. The second kappa shape index (κ2) is 9.96. The summed E-state index contributed by atoms with van der Waals surface area (Å²) in [5, 5.41) is 5.39. The highest BCUT2D eigenvalue weighted by molar-refractivity contribution is 7.13. The summed E-state index contributed by atoms with van der Waals surface area (Å²) in [6.07, 6.45) is 1.71. The van der Waals surface area contributed by atoms with Crippen LogP contribution in [0, 0.1) is 0 Å². The van der Waals surface area contributed by atoms with Gasteiger partial charge in [0, 0.05) is 17.1 Å². The number of nitrogens with zero attached hydrogens (tertiary/aromatic N) is 3. The first-order valence-electron chi connectivity index (χ1n) is 10.9. The molecule has 0 unspecified atom stereocenters. The molecule has 2 aromatic heterocycles. The number of rotatable bonds is 6. The maximum absolute atomic E-state index is 12.9. The summed E-state index contributed by atoms with van der Waals surface area (Å²) in [4.78, 5) is 48.0. The van der Waals surface area contributed by atoms with Crippen LogP contribution in [-0.4, -0.2) is 48.0 Å². The lowest BCUT2D eigenvalue weighted by Gasteiger charge is -2.29. The molecule has 0 spiro atoms. The highest BCUT2D eigenvalue weighted by Gasteiger charge is 2.28. The van der Waals surface area contributed by atoms with Crippen molar-refractivity contribution in [3.05, 3.63) is 77.8 Å². The van der Waals surface area contributed by atoms with E-state index in [1.165, 1.54) is 23.3 Å². The number of aromatic nitrogens is 2. The van der Waals surface area contributed by atoms with Gasteiger partial charge < -0.3 is 14.8 Å². The molecule has 0 saturated heterocycles. The Morgan fingerprint density at radius 3 is 2.75 bits per heavy atom. The van der Waals surface area contributed by atoms with Gasteiger partial charge >= 0.3 is 5.97 Å². The number of anilines is 2. The first-order chi connectivity index (χ1) is 17.5. The van der Waals surface area contributed by atoms with Crippen LogP contribution in [0.3, 0.4) is 0 Å². The molecule has 0 radical (unpaired) electrons. The van der Waals surface area contributed by atoms with Crippen molar-refractivity contribution in [1.29, 1.82) is 0 Å². The molecule has 4 aromatic rings. The number of para-hydroxylation sites is 1. The largest absolute Gasteiger partial charge is 0.482 e. The van der Waals surface area contributed by atoms with Crippen LogP contribution in [-0.2, 0) is 14.3 Å². The minimum Gasteiger partial charge on any atom is -0.482 e. The van der Waals surface area contributed by atoms with E-state index in [2.05, 4.69) is 15.3 Å². The molecule has 0 bridgehead atoms. The third kappa shape index (κ3) is 4.66. The smallest absolute Gasteiger partial charge is 0.339 e. The molecule has 9 nitrogen and oxygen atoms in total. The molecule has 2 amide bonds. The van der Waals surface area contributed by atoms with Crippen molar-refractivity contribution >= 4 is 40.5 Å². The average molecular weight is 501 g/mol. The van der Waals surface area contributed by atoms with Gasteiger partial charge in [0.1, 0.15) is 17.3 Å². The minimum absolute atomic E-state index is 0.182. The zero-order valence-corrected chi connectivity index (χ0v) is 20.0. The molecule has 1 aliphatic heterocycles. The number of methoxy groups -OCH3 is 1. The Labute approximate surface area is 210 Å². The van der Waals surface area contributed by atoms with Gasteiger partial charge in [0.15, 0.2) is 6.61 Å². The van der Waals surface area contributed by atoms with Crippen molar-refractivity contribution in [1.82, 2.24) is 9.97 Å². The van der Waals surface area contributed by atoms with E-state index in [4.69, 9.17) is 9.47 Å². The molecular weight excluding hydrogens is 480 g/mol. The Morgan fingerprint density at radius 1 is 1.11 bits per heavy atom. The molecular formula is C26H20N4O5S. The third-order valence-electron chi connectivity index (χ3n) is 5.49. The van der Waals surface area contributed by atoms with Crippen LogP contribution in [0.5, 0.6) is 5.75 Å². The lowest BCUT2D eigenvalue weighted by molar-refractivity contribution is -0.123. The van der Waals surface area contributed by atoms with Gasteiger partial charge in [-0.2, -0.15) is 0 Å². The summed E-state index contributed by atoms with van der Waals surface area (Å²) in [5.74, 6) is -0.912. The van der Waals surface area contributed by atoms with Crippen molar-refractivity contribution in [2.24, 2.45) is 0 Å². The molecule has 5 rings (SSSR count). The summed E-state index contributed by atoms with van der Waals surface area (Å²) in [6.45, 7) is -0.441. The number of pyridine rings is 1. The first-order valence-corrected chi connectivity index (χ1v) is 11.8. The van der Waals surface area contributed by atoms with Gasteiger partial charge in [-0.25, -0.2) is 9.78 Å². The number of hydrogen-bond acceptors (Lipinski definition) is 8. The molecule has 0 fully saturated rings. The van der Waals surface area contributed by atoms with Gasteiger partial charge in [-0.05, 0) is 42.5 Å². The fourth-order valence-corrected chi connectivity index (χ4v) is 4.57. The van der Waals surface area contributed by atoms with Crippen LogP contribution in [0.15, 0.2) is 72.2 Å². The highest BCUT2D eigenvalue weighted by atomic mass is 32.1. The molecule has 10 heteroatoms. The Balaban J connectivity index is 1.40. The maximum atomic E-state index is 12.9. The normalized spacial score (nSPS) is 12.5. The number of amides is 2. The van der Waals surface area contributed by atoms with Crippen molar-refractivity contribution in [3.63, 3.8) is 0 Å². The van der Waals surface area contributed by atoms with E-state index in [0.717, 1.165) is 22.0 Å². The third-order valence-corrected chi connectivity index (χ3v) is 6.36. The van der Waals surface area contributed by atoms with Gasteiger partial charge in [-0.15, -0.1) is 11.3 Å². The van der Waals surface area contributed by atoms with Crippen LogP contribution < -0.4 is 15.0 Å². The van der Waals surface area contributed by atoms with Gasteiger partial charge in [0.05, 0.1) is 35.4 Å². The molecule has 3 heterocycles. The maximum Gasteiger partial charge on any atom is 0.339 e. The van der Waals surface area contributed by atoms with Gasteiger partial charge in [0.2, 0.25) is 5.91 Å². The SMILES string of the molecule is COC(=O)c1ccccc1NC(=O)CN1C(=O)COc2ccc(-c3csc(-c4ccccn4)n3)cc21. The zero-order valence-electron chi connectivity index (χ0n) is 19.1. The van der Waals surface area contributed by atoms with Crippen molar-refractivity contribution < 1.29 is 23.9 Å². The molecule has 2 aromatic carbocycles. The summed E-state index contributed by atoms with van der Waals surface area (Å²) >= 11 is 1.47. The van der Waals surface area contributed by atoms with E-state index < -0.39 is 11.9 Å². The van der Waals surface area contributed by atoms with E-state index in [0.29, 0.717) is 17.1 Å². The predicted octanol–water partition coefficient (Wildman–Crippen LogP) is 4.02. The van der Waals surface area contributed by atoms with E-state index >= 15 is 0 Å². The number of thiazole rings is 1. The standard InChI is InChI=1S/C26H20N4O5S/c1-34-26(33)17-6-2-3-7-18(17)28-23(31)13-30-21-12-16(9-10-22(21)35-14-24(30)32)20-15-36-25(29-20)19-8-4-5-11-27-19/h2-12,15H,13-14H2,1H3,(H,28,31). The fourth-order valence-electron chi connectivity index (χ4n) is 3.76. The summed E-state index contributed by atoms with van der Waals surface area (Å²) in [6, 6.07) is 17.5. The quantitative estimate of drug-likeness (QED) is 0.398. The van der Waals surface area contributed by atoms with Crippen LogP contribution in [0.1, 0.15) is 10.4 Å². The Bertz CT molecular complexity index is 1450. The number of esters is 1. The zero-order chi connectivity index (χ0) is 25.1. The number of hydrogen-bond donors (Lipinski definition) is 1. The molecule has 1 N–H and O–H groups in total. The van der Waals surface area contributed by atoms with Gasteiger partial charge in [0.25, 0.3) is 5.91 Å². The van der Waals surface area contributed by atoms with Crippen molar-refractivity contribution in [3.8, 4) is 27.7 Å². The number of ether oxygens (including phenoxy) is 2. The van der Waals surface area contributed by atoms with Crippen LogP contribution in [0.2, 0.25) is 0 Å². The highest BCUT2D eigenvalue weighted by Crippen LogP contribution is 2.37. The lowest BCUT2D eigenvalue weighted by Crippen LogP contribution is -2.43. The van der Waals surface area contributed by atoms with E-state index in [1.807, 2.05) is 29.6 Å². The number of carbonyl (C=O) groups is 3. The molecule has 0 saturated carbocycles. The number of carbonyl (C=O) groups excluding carboxylic acids is 3. The molecule has 1 aliphatic rings. The number of benzene rings is 2. The second-order valence-corrected chi connectivity index (χ2v) is 8.65. The van der Waals surface area contributed by atoms with Crippen LogP contribution in [0.25, 0.3) is 22.0 Å². The predicted molar refractivity (Wildman–Crippen MR) is 135 cm³/mol. The molecule has 180 valence electrons. The molecule has 0 atom stereocenters. The van der Waals surface area contributed by atoms with Crippen molar-refractivity contribution in [2.75, 3.05) is 30.5 Å². The molecule has 0 aliphatic carbocycles. The van der Waals surface area contributed by atoms with Crippen LogP contribution in [0.4, 0.5) is 11.4 Å². The monoisotopic (exact) mass is 500 g/mol. The fraction of sp³-hybridized carbons (Fsp3) is 0.115. The average Bonchev–Trinajstić information content (AvgIpc) is 3.41. The minimum atomic E-state index is -0.573. The van der Waals surface area contributed by atoms with Crippen molar-refractivity contribution in [2.45, 2.75) is 0 Å². The summed E-state index contributed by atoms with van der Waals surface area (Å²) in [5.41, 5.74) is 3.25. The van der Waals surface area contributed by atoms with Gasteiger partial charge in [-0.1, -0.05) is 18.2 Å². The second-order valence-electron chi connectivity index (χ2n) is 7.79. The summed E-state index contributed by atoms with van der Waals surface area (Å²) in [7, 11) is 1.27. The Hall–Kier alpha value is -4.57. The van der Waals surface area contributed by atoms with E-state index in [1.54, 1.807) is 42.6 Å². The van der Waals surface area contributed by atoms with E-state index in [-0.39, 0.29) is 24.6 Å². The Morgan fingerprint density at radius 2 is 1.94 bits per heavy atom. The number of nitrogens with one attached hydrogen (secondary N) is 1. The molecule has 36 heavy (non-hydrogen) atoms. The summed E-state index contributed by atoms with van der Waals surface area (Å²) < 4.78 is 10.4. The van der Waals surface area contributed by atoms with Gasteiger partial charge in [-0.3, -0.25) is 19.5 Å².